The first-order valence-electron chi connectivity index (χ1n) is 10.7. The van der Waals surface area contributed by atoms with Crippen LogP contribution in [0.1, 0.15) is 42.0 Å². The molecule has 1 saturated heterocycles. The lowest BCUT2D eigenvalue weighted by molar-refractivity contribution is -0.128. The second-order valence-electron chi connectivity index (χ2n) is 7.68. The van der Waals surface area contributed by atoms with Crippen molar-refractivity contribution in [3.63, 3.8) is 0 Å². The second kappa shape index (κ2) is 12.6. The van der Waals surface area contributed by atoms with Crippen molar-refractivity contribution >= 4 is 35.8 Å². The SMILES string of the molecule is CCNC(=NCc1ccc(CN2CCCC2=O)cc1)NCCc1ccc(F)cc1C.I. The molecule has 1 fully saturated rings. The molecule has 0 bridgehead atoms. The number of halogens is 2. The van der Waals surface area contributed by atoms with Crippen LogP contribution in [0, 0.1) is 12.7 Å². The predicted octanol–water partition coefficient (Wildman–Crippen LogP) is 4.17. The highest BCUT2D eigenvalue weighted by Gasteiger charge is 2.19. The summed E-state index contributed by atoms with van der Waals surface area (Å²) in [5, 5.41) is 6.61. The van der Waals surface area contributed by atoms with Gasteiger partial charge in [0.1, 0.15) is 5.82 Å². The fourth-order valence-electron chi connectivity index (χ4n) is 3.61. The number of nitrogens with one attached hydrogen (secondary N) is 2. The molecule has 0 aliphatic carbocycles. The van der Waals surface area contributed by atoms with E-state index in [4.69, 9.17) is 0 Å². The number of hydrogen-bond donors (Lipinski definition) is 2. The summed E-state index contributed by atoms with van der Waals surface area (Å²) in [7, 11) is 0. The number of amides is 1. The molecule has 2 aromatic rings. The Morgan fingerprint density at radius 3 is 2.52 bits per heavy atom. The van der Waals surface area contributed by atoms with Crippen LogP contribution in [0.15, 0.2) is 47.5 Å². The van der Waals surface area contributed by atoms with Gasteiger partial charge in [0.15, 0.2) is 5.96 Å². The predicted molar refractivity (Wildman–Crippen MR) is 134 cm³/mol. The summed E-state index contributed by atoms with van der Waals surface area (Å²) in [6, 6.07) is 13.2. The molecule has 2 N–H and O–H groups in total. The summed E-state index contributed by atoms with van der Waals surface area (Å²) in [5.41, 5.74) is 4.37. The zero-order valence-corrected chi connectivity index (χ0v) is 20.6. The van der Waals surface area contributed by atoms with E-state index in [1.54, 1.807) is 6.07 Å². The largest absolute Gasteiger partial charge is 0.357 e. The van der Waals surface area contributed by atoms with Gasteiger partial charge in [-0.05, 0) is 61.1 Å². The van der Waals surface area contributed by atoms with Crippen LogP contribution in [0.2, 0.25) is 0 Å². The number of benzene rings is 2. The quantitative estimate of drug-likeness (QED) is 0.302. The van der Waals surface area contributed by atoms with E-state index in [2.05, 4.69) is 39.9 Å². The molecule has 0 unspecified atom stereocenters. The fraction of sp³-hybridized carbons (Fsp3) is 0.417. The molecule has 0 aromatic heterocycles. The average Bonchev–Trinajstić information content (AvgIpc) is 3.13. The molecule has 1 aliphatic heterocycles. The highest BCUT2D eigenvalue weighted by molar-refractivity contribution is 14.0. The van der Waals surface area contributed by atoms with E-state index in [9.17, 15) is 9.18 Å². The van der Waals surface area contributed by atoms with Crippen molar-refractivity contribution in [1.29, 1.82) is 0 Å². The van der Waals surface area contributed by atoms with Crippen molar-refractivity contribution in [2.75, 3.05) is 19.6 Å². The minimum Gasteiger partial charge on any atom is -0.357 e. The minimum atomic E-state index is -0.197. The highest BCUT2D eigenvalue weighted by Crippen LogP contribution is 2.15. The van der Waals surface area contributed by atoms with Crippen molar-refractivity contribution in [3.05, 3.63) is 70.5 Å². The number of carbonyl (C=O) groups excluding carboxylic acids is 1. The van der Waals surface area contributed by atoms with Gasteiger partial charge in [0.25, 0.3) is 0 Å². The van der Waals surface area contributed by atoms with E-state index in [0.29, 0.717) is 19.5 Å². The van der Waals surface area contributed by atoms with E-state index in [1.165, 1.54) is 6.07 Å². The number of rotatable bonds is 8. The topological polar surface area (TPSA) is 56.7 Å². The molecule has 0 saturated carbocycles. The van der Waals surface area contributed by atoms with Crippen LogP contribution in [0.25, 0.3) is 0 Å². The summed E-state index contributed by atoms with van der Waals surface area (Å²) >= 11 is 0. The second-order valence-corrected chi connectivity index (χ2v) is 7.68. The maximum atomic E-state index is 13.2. The van der Waals surface area contributed by atoms with Crippen molar-refractivity contribution in [2.24, 2.45) is 4.99 Å². The summed E-state index contributed by atoms with van der Waals surface area (Å²) in [6.45, 7) is 7.60. The summed E-state index contributed by atoms with van der Waals surface area (Å²) < 4.78 is 13.2. The lowest BCUT2D eigenvalue weighted by Crippen LogP contribution is -2.38. The number of nitrogens with zero attached hydrogens (tertiary/aromatic N) is 2. The standard InChI is InChI=1S/C24H31FN4O.HI/c1-3-26-24(27-13-12-21-10-11-22(25)15-18(21)2)28-16-19-6-8-20(9-7-19)17-29-14-4-5-23(29)30;/h6-11,15H,3-5,12-14,16-17H2,1-2H3,(H2,26,27,28);1H. The maximum Gasteiger partial charge on any atom is 0.222 e. The zero-order chi connectivity index (χ0) is 21.3. The third-order valence-electron chi connectivity index (χ3n) is 5.32. The van der Waals surface area contributed by atoms with Gasteiger partial charge in [-0.1, -0.05) is 30.3 Å². The molecule has 5 nitrogen and oxygen atoms in total. The first kappa shape index (κ1) is 25.1. The molecule has 0 radical (unpaired) electrons. The zero-order valence-electron chi connectivity index (χ0n) is 18.3. The molecule has 0 spiro atoms. The third-order valence-corrected chi connectivity index (χ3v) is 5.32. The van der Waals surface area contributed by atoms with Crippen LogP contribution in [0.5, 0.6) is 0 Å². The van der Waals surface area contributed by atoms with Crippen LogP contribution >= 0.6 is 24.0 Å². The van der Waals surface area contributed by atoms with Crippen molar-refractivity contribution < 1.29 is 9.18 Å². The number of aliphatic imine (C=N–C) groups is 1. The Hall–Kier alpha value is -2.16. The van der Waals surface area contributed by atoms with Gasteiger partial charge in [0, 0.05) is 32.6 Å². The van der Waals surface area contributed by atoms with E-state index < -0.39 is 0 Å². The number of likely N-dealkylation sites (tertiary alicyclic amines) is 1. The van der Waals surface area contributed by atoms with Gasteiger partial charge >= 0.3 is 0 Å². The molecule has 168 valence electrons. The lowest BCUT2D eigenvalue weighted by atomic mass is 10.1. The molecule has 31 heavy (non-hydrogen) atoms. The normalized spacial score (nSPS) is 13.8. The molecule has 2 aromatic carbocycles. The molecule has 1 heterocycles. The fourth-order valence-corrected chi connectivity index (χ4v) is 3.61. The summed E-state index contributed by atoms with van der Waals surface area (Å²) in [5.74, 6) is 0.821. The van der Waals surface area contributed by atoms with E-state index in [-0.39, 0.29) is 35.7 Å². The van der Waals surface area contributed by atoms with Crippen LogP contribution in [-0.2, 0) is 24.3 Å². The Bertz CT molecular complexity index is 886. The van der Waals surface area contributed by atoms with Gasteiger partial charge in [0.05, 0.1) is 6.54 Å². The van der Waals surface area contributed by atoms with Crippen LogP contribution in [-0.4, -0.2) is 36.4 Å². The number of carbonyl (C=O) groups is 1. The van der Waals surface area contributed by atoms with Gasteiger partial charge in [0.2, 0.25) is 5.91 Å². The molecule has 7 heteroatoms. The smallest absolute Gasteiger partial charge is 0.222 e. The molecule has 0 atom stereocenters. The minimum absolute atomic E-state index is 0. The van der Waals surface area contributed by atoms with Crippen molar-refractivity contribution in [3.8, 4) is 0 Å². The van der Waals surface area contributed by atoms with Crippen LogP contribution in [0.4, 0.5) is 4.39 Å². The van der Waals surface area contributed by atoms with Crippen molar-refractivity contribution in [2.45, 2.75) is 46.2 Å². The van der Waals surface area contributed by atoms with Gasteiger partial charge < -0.3 is 15.5 Å². The Labute approximate surface area is 201 Å². The van der Waals surface area contributed by atoms with Gasteiger partial charge in [-0.25, -0.2) is 9.38 Å². The highest BCUT2D eigenvalue weighted by atomic mass is 127. The van der Waals surface area contributed by atoms with Crippen molar-refractivity contribution in [1.82, 2.24) is 15.5 Å². The number of hydrogen-bond acceptors (Lipinski definition) is 2. The Kier molecular flexibility index (Phi) is 10.2. The monoisotopic (exact) mass is 538 g/mol. The molecule has 3 rings (SSSR count). The first-order valence-corrected chi connectivity index (χ1v) is 10.7. The lowest BCUT2D eigenvalue weighted by Gasteiger charge is -2.15. The Morgan fingerprint density at radius 2 is 1.87 bits per heavy atom. The molecule has 1 amide bonds. The number of aryl methyl sites for hydroxylation is 1. The third kappa shape index (κ3) is 7.79. The Balaban J connectivity index is 0.00000341. The average molecular weight is 538 g/mol. The number of guanidine groups is 1. The first-order chi connectivity index (χ1) is 14.5. The molecule has 1 aliphatic rings. The maximum absolute atomic E-state index is 13.2. The van der Waals surface area contributed by atoms with E-state index in [1.807, 2.05) is 24.8 Å². The Morgan fingerprint density at radius 1 is 1.13 bits per heavy atom. The molecular formula is C24H32FIN4O. The van der Waals surface area contributed by atoms with Crippen LogP contribution < -0.4 is 10.6 Å². The van der Waals surface area contributed by atoms with Crippen LogP contribution in [0.3, 0.4) is 0 Å². The summed E-state index contributed by atoms with van der Waals surface area (Å²) in [4.78, 5) is 18.4. The van der Waals surface area contributed by atoms with E-state index in [0.717, 1.165) is 60.7 Å². The van der Waals surface area contributed by atoms with Gasteiger partial charge in [-0.15, -0.1) is 24.0 Å². The molecular weight excluding hydrogens is 506 g/mol. The van der Waals surface area contributed by atoms with Gasteiger partial charge in [-0.2, -0.15) is 0 Å². The van der Waals surface area contributed by atoms with Gasteiger partial charge in [-0.3, -0.25) is 4.79 Å². The summed E-state index contributed by atoms with van der Waals surface area (Å²) in [6.07, 6.45) is 2.45. The van der Waals surface area contributed by atoms with E-state index >= 15 is 0 Å².